The fraction of sp³-hybridized carbons (Fsp3) is 0.870. The zero-order valence-electron chi connectivity index (χ0n) is 18.9. The van der Waals surface area contributed by atoms with Crippen LogP contribution in [0.5, 0.6) is 0 Å². The van der Waals surface area contributed by atoms with Crippen LogP contribution in [0.4, 0.5) is 0 Å². The summed E-state index contributed by atoms with van der Waals surface area (Å²) in [7, 11) is 0. The molecule has 0 spiro atoms. The van der Waals surface area contributed by atoms with Crippen molar-refractivity contribution in [3.63, 3.8) is 0 Å². The van der Waals surface area contributed by atoms with E-state index in [1.54, 1.807) is 0 Å². The highest BCUT2D eigenvalue weighted by molar-refractivity contribution is 4.66. The number of rotatable bonds is 14. The quantitative estimate of drug-likeness (QED) is 0.325. The molecular formula is C23H45N2O2+. The molecule has 4 nitrogen and oxygen atoms in total. The van der Waals surface area contributed by atoms with E-state index in [0.717, 1.165) is 52.4 Å². The summed E-state index contributed by atoms with van der Waals surface area (Å²) in [5.41, 5.74) is 0.552. The summed E-state index contributed by atoms with van der Waals surface area (Å²) in [4.78, 5) is 0. The smallest absolute Gasteiger partial charge is 0.243 e. The fourth-order valence-corrected chi connectivity index (χ4v) is 2.81. The lowest BCUT2D eigenvalue weighted by Crippen LogP contribution is -2.30. The first-order valence-electron chi connectivity index (χ1n) is 10.9. The molecule has 0 bridgehead atoms. The number of aromatic nitrogens is 2. The molecule has 0 unspecified atom stereocenters. The molecule has 1 heterocycles. The summed E-state index contributed by atoms with van der Waals surface area (Å²) in [6, 6.07) is 0. The zero-order valence-corrected chi connectivity index (χ0v) is 18.9. The van der Waals surface area contributed by atoms with Gasteiger partial charge in [0, 0.05) is 13.2 Å². The molecular weight excluding hydrogens is 336 g/mol. The second-order valence-corrected chi connectivity index (χ2v) is 10.2. The number of aryl methyl sites for hydroxylation is 2. The van der Waals surface area contributed by atoms with Gasteiger partial charge in [-0.2, -0.15) is 0 Å². The first kappa shape index (κ1) is 24.2. The van der Waals surface area contributed by atoms with Crippen molar-refractivity contribution in [3.05, 3.63) is 18.7 Å². The molecule has 4 heteroatoms. The second-order valence-electron chi connectivity index (χ2n) is 10.2. The van der Waals surface area contributed by atoms with Crippen LogP contribution in [-0.2, 0) is 22.6 Å². The molecule has 0 aromatic carbocycles. The van der Waals surface area contributed by atoms with Crippen molar-refractivity contribution < 1.29 is 14.0 Å². The maximum Gasteiger partial charge on any atom is 0.243 e. The normalized spacial score (nSPS) is 12.7. The van der Waals surface area contributed by atoms with Gasteiger partial charge in [0.1, 0.15) is 12.4 Å². The number of nitrogens with zero attached hydrogens (tertiary/aromatic N) is 2. The van der Waals surface area contributed by atoms with Crippen molar-refractivity contribution in [3.8, 4) is 0 Å². The lowest BCUT2D eigenvalue weighted by atomic mass is 9.99. The molecule has 0 saturated heterocycles. The maximum absolute atomic E-state index is 5.73. The molecule has 0 aliphatic rings. The summed E-state index contributed by atoms with van der Waals surface area (Å²) in [6.45, 7) is 19.0. The van der Waals surface area contributed by atoms with Gasteiger partial charge in [-0.15, -0.1) is 0 Å². The first-order chi connectivity index (χ1) is 12.7. The molecule has 0 saturated carbocycles. The first-order valence-corrected chi connectivity index (χ1v) is 10.9. The van der Waals surface area contributed by atoms with E-state index in [2.05, 4.69) is 69.4 Å². The molecule has 1 aromatic rings. The van der Waals surface area contributed by atoms with Gasteiger partial charge >= 0.3 is 0 Å². The van der Waals surface area contributed by atoms with Crippen molar-refractivity contribution in [1.82, 2.24) is 4.57 Å². The minimum atomic E-state index is 0.276. The van der Waals surface area contributed by atoms with E-state index in [1.165, 1.54) is 25.7 Å². The van der Waals surface area contributed by atoms with Crippen molar-refractivity contribution in [1.29, 1.82) is 0 Å². The molecule has 158 valence electrons. The molecule has 0 radical (unpaired) electrons. The number of hydrogen-bond acceptors (Lipinski definition) is 2. The van der Waals surface area contributed by atoms with Gasteiger partial charge in [-0.1, -0.05) is 41.5 Å². The Bertz CT molecular complexity index is 441. The number of hydrogen-bond donors (Lipinski definition) is 0. The van der Waals surface area contributed by atoms with Crippen molar-refractivity contribution in [2.24, 2.45) is 10.8 Å². The Labute approximate surface area is 168 Å². The fourth-order valence-electron chi connectivity index (χ4n) is 2.81. The van der Waals surface area contributed by atoms with Crippen molar-refractivity contribution in [2.45, 2.75) is 93.2 Å². The Morgan fingerprint density at radius 2 is 1.30 bits per heavy atom. The van der Waals surface area contributed by atoms with E-state index in [4.69, 9.17) is 9.47 Å². The Balaban J connectivity index is 1.99. The van der Waals surface area contributed by atoms with Crippen LogP contribution >= 0.6 is 0 Å². The van der Waals surface area contributed by atoms with Gasteiger partial charge in [-0.3, -0.25) is 0 Å². The molecule has 0 aliphatic carbocycles. The molecule has 0 amide bonds. The summed E-state index contributed by atoms with van der Waals surface area (Å²) in [5, 5.41) is 0. The van der Waals surface area contributed by atoms with Crippen molar-refractivity contribution in [2.75, 3.05) is 26.4 Å². The van der Waals surface area contributed by atoms with Crippen LogP contribution in [0.1, 0.15) is 80.1 Å². The summed E-state index contributed by atoms with van der Waals surface area (Å²) in [6.07, 6.45) is 13.9. The molecule has 0 N–H and O–H groups in total. The van der Waals surface area contributed by atoms with Crippen molar-refractivity contribution >= 4 is 0 Å². The van der Waals surface area contributed by atoms with Crippen LogP contribution in [0.25, 0.3) is 0 Å². The highest BCUT2D eigenvalue weighted by Gasteiger charge is 2.10. The van der Waals surface area contributed by atoms with E-state index < -0.39 is 0 Å². The monoisotopic (exact) mass is 381 g/mol. The molecule has 0 fully saturated rings. The molecule has 1 rings (SSSR count). The van der Waals surface area contributed by atoms with Gasteiger partial charge < -0.3 is 9.47 Å². The van der Waals surface area contributed by atoms with Crippen LogP contribution in [0, 0.1) is 10.8 Å². The zero-order chi connectivity index (χ0) is 20.2. The highest BCUT2D eigenvalue weighted by atomic mass is 16.5. The summed E-state index contributed by atoms with van der Waals surface area (Å²) >= 11 is 0. The lowest BCUT2D eigenvalue weighted by molar-refractivity contribution is -0.696. The third kappa shape index (κ3) is 14.8. The van der Waals surface area contributed by atoms with E-state index in [9.17, 15) is 0 Å². The van der Waals surface area contributed by atoms with E-state index >= 15 is 0 Å². The second kappa shape index (κ2) is 12.6. The molecule has 0 aliphatic heterocycles. The van der Waals surface area contributed by atoms with Crippen LogP contribution in [-0.4, -0.2) is 31.0 Å². The molecule has 1 aromatic heterocycles. The highest BCUT2D eigenvalue weighted by Crippen LogP contribution is 2.14. The topological polar surface area (TPSA) is 27.3 Å². The van der Waals surface area contributed by atoms with Gasteiger partial charge in [-0.25, -0.2) is 9.13 Å². The SMILES string of the molecule is CC(C)(C)COCCCCCn1cc[n+](CCCCCOCC(C)(C)C)c1. The minimum absolute atomic E-state index is 0.276. The van der Waals surface area contributed by atoms with Crippen LogP contribution in [0.3, 0.4) is 0 Å². The van der Waals surface area contributed by atoms with Crippen LogP contribution < -0.4 is 4.57 Å². The number of ether oxygens (including phenoxy) is 2. The molecule has 27 heavy (non-hydrogen) atoms. The van der Waals surface area contributed by atoms with Crippen LogP contribution in [0.15, 0.2) is 18.7 Å². The Morgan fingerprint density at radius 3 is 1.85 bits per heavy atom. The summed E-state index contributed by atoms with van der Waals surface area (Å²) in [5.74, 6) is 0. The number of unbranched alkanes of at least 4 members (excludes halogenated alkanes) is 4. The van der Waals surface area contributed by atoms with Gasteiger partial charge in [0.15, 0.2) is 0 Å². The number of imidazole rings is 1. The predicted octanol–water partition coefficient (Wildman–Crippen LogP) is 5.24. The average molecular weight is 382 g/mol. The van der Waals surface area contributed by atoms with Gasteiger partial charge in [-0.05, 0) is 49.4 Å². The van der Waals surface area contributed by atoms with Gasteiger partial charge in [0.25, 0.3) is 0 Å². The summed E-state index contributed by atoms with van der Waals surface area (Å²) < 4.78 is 16.1. The van der Waals surface area contributed by atoms with E-state index in [-0.39, 0.29) is 10.8 Å². The van der Waals surface area contributed by atoms with Gasteiger partial charge in [0.05, 0.1) is 26.3 Å². The minimum Gasteiger partial charge on any atom is -0.381 e. The average Bonchev–Trinajstić information content (AvgIpc) is 2.99. The van der Waals surface area contributed by atoms with E-state index in [1.807, 2.05) is 0 Å². The van der Waals surface area contributed by atoms with Crippen LogP contribution in [0.2, 0.25) is 0 Å². The maximum atomic E-state index is 5.73. The van der Waals surface area contributed by atoms with Gasteiger partial charge in [0.2, 0.25) is 6.33 Å². The Hall–Kier alpha value is -0.870. The van der Waals surface area contributed by atoms with E-state index in [0.29, 0.717) is 0 Å². The lowest BCUT2D eigenvalue weighted by Gasteiger charge is -2.17. The largest absolute Gasteiger partial charge is 0.381 e. The Morgan fingerprint density at radius 1 is 0.741 bits per heavy atom. The third-order valence-corrected chi connectivity index (χ3v) is 4.23. The standard InChI is InChI=1S/C23H45N2O2/c1-22(2,3)19-26-17-11-7-9-13-24-15-16-25(21-24)14-10-8-12-18-27-20-23(4,5)6/h15-16,21H,7-14,17-20H2,1-6H3/q+1. The predicted molar refractivity (Wildman–Crippen MR) is 113 cm³/mol. The third-order valence-electron chi connectivity index (χ3n) is 4.23. The molecule has 0 atom stereocenters. The Kier molecular flexibility index (Phi) is 11.2.